The quantitative estimate of drug-likeness (QED) is 0.907. The predicted molar refractivity (Wildman–Crippen MR) is 83.1 cm³/mol. The second-order valence-corrected chi connectivity index (χ2v) is 5.39. The molecular formula is C17H17ClO3. The molecule has 0 heterocycles. The maximum absolute atomic E-state index is 11.4. The molecule has 0 aliphatic heterocycles. The molecule has 110 valence electrons. The summed E-state index contributed by atoms with van der Waals surface area (Å²) in [6, 6.07) is 12.7. The zero-order valence-corrected chi connectivity index (χ0v) is 12.7. The van der Waals surface area contributed by atoms with Crippen LogP contribution in [0, 0.1) is 13.8 Å². The second-order valence-electron chi connectivity index (χ2n) is 4.99. The molecule has 21 heavy (non-hydrogen) atoms. The molecule has 0 saturated carbocycles. The molecule has 0 spiro atoms. The third-order valence-corrected chi connectivity index (χ3v) is 3.76. The summed E-state index contributed by atoms with van der Waals surface area (Å²) in [5.74, 6) is -0.453. The van der Waals surface area contributed by atoms with Crippen LogP contribution in [-0.4, -0.2) is 17.2 Å². The number of halogens is 1. The number of hydrogen-bond acceptors (Lipinski definition) is 2. The maximum Gasteiger partial charge on any atom is 0.345 e. The van der Waals surface area contributed by atoms with Crippen molar-refractivity contribution >= 4 is 17.6 Å². The average molecular weight is 305 g/mol. The van der Waals surface area contributed by atoms with Gasteiger partial charge in [-0.3, -0.25) is 0 Å². The fourth-order valence-corrected chi connectivity index (χ4v) is 2.21. The van der Waals surface area contributed by atoms with E-state index >= 15 is 0 Å². The van der Waals surface area contributed by atoms with Crippen LogP contribution in [0.1, 0.15) is 16.7 Å². The zero-order valence-electron chi connectivity index (χ0n) is 12.0. The number of ether oxygens (including phenoxy) is 1. The number of hydrogen-bond donors (Lipinski definition) is 1. The molecule has 1 atom stereocenters. The van der Waals surface area contributed by atoms with E-state index in [1.54, 1.807) is 12.1 Å². The Kier molecular flexibility index (Phi) is 4.86. The van der Waals surface area contributed by atoms with E-state index in [-0.39, 0.29) is 6.42 Å². The Hall–Kier alpha value is -2.00. The molecule has 1 N–H and O–H groups in total. The number of rotatable bonds is 5. The molecule has 0 saturated heterocycles. The maximum atomic E-state index is 11.4. The van der Waals surface area contributed by atoms with Gasteiger partial charge in [-0.1, -0.05) is 35.9 Å². The summed E-state index contributed by atoms with van der Waals surface area (Å²) >= 11 is 6.07. The van der Waals surface area contributed by atoms with Crippen LogP contribution in [0.2, 0.25) is 5.02 Å². The Morgan fingerprint density at radius 1 is 1.19 bits per heavy atom. The number of carboxylic acid groups (broad SMARTS) is 1. The molecule has 2 aromatic rings. The van der Waals surface area contributed by atoms with Crippen LogP contribution in [0.5, 0.6) is 5.75 Å². The zero-order chi connectivity index (χ0) is 15.4. The van der Waals surface area contributed by atoms with Gasteiger partial charge in [0.15, 0.2) is 6.10 Å². The van der Waals surface area contributed by atoms with Crippen molar-refractivity contribution in [2.24, 2.45) is 0 Å². The van der Waals surface area contributed by atoms with Gasteiger partial charge in [0.25, 0.3) is 0 Å². The van der Waals surface area contributed by atoms with Gasteiger partial charge in [-0.15, -0.1) is 0 Å². The van der Waals surface area contributed by atoms with Gasteiger partial charge in [0, 0.05) is 11.4 Å². The Labute approximate surface area is 129 Å². The number of carboxylic acids is 1. The van der Waals surface area contributed by atoms with Crippen molar-refractivity contribution in [2.75, 3.05) is 0 Å². The summed E-state index contributed by atoms with van der Waals surface area (Å²) in [6.07, 6.45) is -0.742. The minimum atomic E-state index is -1.01. The molecule has 0 aromatic heterocycles. The fraction of sp³-hybridized carbons (Fsp3) is 0.235. The summed E-state index contributed by atoms with van der Waals surface area (Å²) in [7, 11) is 0. The van der Waals surface area contributed by atoms with Gasteiger partial charge >= 0.3 is 5.97 Å². The molecule has 4 heteroatoms. The molecule has 0 bridgehead atoms. The van der Waals surface area contributed by atoms with Crippen molar-refractivity contribution in [1.29, 1.82) is 0 Å². The first-order chi connectivity index (χ1) is 9.97. The third kappa shape index (κ3) is 3.99. The highest BCUT2D eigenvalue weighted by molar-refractivity contribution is 6.31. The van der Waals surface area contributed by atoms with Crippen LogP contribution >= 0.6 is 11.6 Å². The van der Waals surface area contributed by atoms with E-state index in [1.165, 1.54) is 0 Å². The van der Waals surface area contributed by atoms with E-state index in [1.807, 2.05) is 44.2 Å². The van der Waals surface area contributed by atoms with Gasteiger partial charge in [0.1, 0.15) is 5.75 Å². The second kappa shape index (κ2) is 6.64. The SMILES string of the molecule is Cc1ccc(O[C@H](Cc2ccccc2Cl)C(=O)O)cc1C. The molecule has 3 nitrogen and oxygen atoms in total. The van der Waals surface area contributed by atoms with Gasteiger partial charge in [0.05, 0.1) is 0 Å². The average Bonchev–Trinajstić information content (AvgIpc) is 2.44. The Morgan fingerprint density at radius 3 is 2.52 bits per heavy atom. The van der Waals surface area contributed by atoms with Crippen LogP contribution in [-0.2, 0) is 11.2 Å². The molecule has 0 amide bonds. The lowest BCUT2D eigenvalue weighted by Gasteiger charge is -2.16. The minimum absolute atomic E-state index is 0.224. The van der Waals surface area contributed by atoms with Gasteiger partial charge < -0.3 is 9.84 Å². The van der Waals surface area contributed by atoms with Crippen molar-refractivity contribution in [1.82, 2.24) is 0 Å². The fourth-order valence-electron chi connectivity index (χ4n) is 1.99. The summed E-state index contributed by atoms with van der Waals surface area (Å²) in [4.78, 5) is 11.4. The number of aliphatic carboxylic acids is 1. The molecule has 0 radical (unpaired) electrons. The van der Waals surface area contributed by atoms with E-state index < -0.39 is 12.1 Å². The van der Waals surface area contributed by atoms with Crippen LogP contribution in [0.4, 0.5) is 0 Å². The van der Waals surface area contributed by atoms with E-state index in [2.05, 4.69) is 0 Å². The first-order valence-corrected chi connectivity index (χ1v) is 7.05. The highest BCUT2D eigenvalue weighted by Crippen LogP contribution is 2.21. The van der Waals surface area contributed by atoms with Gasteiger partial charge in [-0.2, -0.15) is 0 Å². The van der Waals surface area contributed by atoms with Crippen molar-refractivity contribution < 1.29 is 14.6 Å². The number of benzene rings is 2. The Balaban J connectivity index is 2.18. The third-order valence-electron chi connectivity index (χ3n) is 3.40. The monoisotopic (exact) mass is 304 g/mol. The van der Waals surface area contributed by atoms with Crippen LogP contribution in [0.3, 0.4) is 0 Å². The number of carbonyl (C=O) groups is 1. The van der Waals surface area contributed by atoms with E-state index in [4.69, 9.17) is 16.3 Å². The Morgan fingerprint density at radius 2 is 1.90 bits per heavy atom. The minimum Gasteiger partial charge on any atom is -0.478 e. The van der Waals surface area contributed by atoms with E-state index in [9.17, 15) is 9.90 Å². The van der Waals surface area contributed by atoms with E-state index in [0.717, 1.165) is 16.7 Å². The number of aryl methyl sites for hydroxylation is 2. The lowest BCUT2D eigenvalue weighted by Crippen LogP contribution is -2.29. The summed E-state index contributed by atoms with van der Waals surface area (Å²) < 4.78 is 5.61. The van der Waals surface area contributed by atoms with E-state index in [0.29, 0.717) is 10.8 Å². The van der Waals surface area contributed by atoms with Crippen molar-refractivity contribution in [2.45, 2.75) is 26.4 Å². The molecule has 0 aliphatic carbocycles. The summed E-state index contributed by atoms with van der Waals surface area (Å²) in [5, 5.41) is 9.89. The summed E-state index contributed by atoms with van der Waals surface area (Å²) in [6.45, 7) is 3.96. The molecule has 0 unspecified atom stereocenters. The highest BCUT2D eigenvalue weighted by atomic mass is 35.5. The highest BCUT2D eigenvalue weighted by Gasteiger charge is 2.21. The topological polar surface area (TPSA) is 46.5 Å². The normalized spacial score (nSPS) is 12.0. The van der Waals surface area contributed by atoms with Gasteiger partial charge in [-0.05, 0) is 48.7 Å². The van der Waals surface area contributed by atoms with Crippen LogP contribution in [0.15, 0.2) is 42.5 Å². The van der Waals surface area contributed by atoms with Crippen molar-refractivity contribution in [3.8, 4) is 5.75 Å². The predicted octanol–water partition coefficient (Wildman–Crippen LogP) is 4.03. The smallest absolute Gasteiger partial charge is 0.345 e. The van der Waals surface area contributed by atoms with Crippen molar-refractivity contribution in [3.63, 3.8) is 0 Å². The molecular weight excluding hydrogens is 288 g/mol. The van der Waals surface area contributed by atoms with Gasteiger partial charge in [0.2, 0.25) is 0 Å². The molecule has 2 rings (SSSR count). The molecule has 2 aromatic carbocycles. The summed E-state index contributed by atoms with van der Waals surface area (Å²) in [5.41, 5.74) is 2.96. The van der Waals surface area contributed by atoms with Crippen molar-refractivity contribution in [3.05, 3.63) is 64.2 Å². The first-order valence-electron chi connectivity index (χ1n) is 6.67. The lowest BCUT2D eigenvalue weighted by molar-refractivity contribution is -0.145. The molecule has 0 fully saturated rings. The lowest BCUT2D eigenvalue weighted by atomic mass is 10.1. The Bertz CT molecular complexity index is 652. The molecule has 0 aliphatic rings. The first kappa shape index (κ1) is 15.4. The van der Waals surface area contributed by atoms with Gasteiger partial charge in [-0.25, -0.2) is 4.79 Å². The van der Waals surface area contributed by atoms with Crippen LogP contribution in [0.25, 0.3) is 0 Å². The largest absolute Gasteiger partial charge is 0.478 e. The van der Waals surface area contributed by atoms with Crippen LogP contribution < -0.4 is 4.74 Å². The standard InChI is InChI=1S/C17H17ClO3/c1-11-7-8-14(9-12(11)2)21-16(17(19)20)10-13-5-3-4-6-15(13)18/h3-9,16H,10H2,1-2H3,(H,19,20)/t16-/m1/s1.